The molecule has 0 aliphatic rings. The van der Waals surface area contributed by atoms with Gasteiger partial charge in [-0.05, 0) is 30.4 Å². The Kier molecular flexibility index (Phi) is 4.14. The maximum absolute atomic E-state index is 10.1. The quantitative estimate of drug-likeness (QED) is 0.270. The van der Waals surface area contributed by atoms with Crippen molar-refractivity contribution in [1.82, 2.24) is 0 Å². The molecule has 0 radical (unpaired) electrons. The molecule has 0 unspecified atom stereocenters. The molecule has 0 aromatic carbocycles. The van der Waals surface area contributed by atoms with Crippen LogP contribution in [0.2, 0.25) is 0 Å². The third-order valence-corrected chi connectivity index (χ3v) is 1.27. The van der Waals surface area contributed by atoms with Crippen molar-refractivity contribution >= 4 is 18.9 Å². The van der Waals surface area contributed by atoms with Crippen molar-refractivity contribution < 1.29 is 4.79 Å². The summed E-state index contributed by atoms with van der Waals surface area (Å²) in [6.07, 6.45) is 2.62. The van der Waals surface area contributed by atoms with Crippen LogP contribution in [0.3, 0.4) is 0 Å². The summed E-state index contributed by atoms with van der Waals surface area (Å²) in [7, 11) is 0. The van der Waals surface area contributed by atoms with Gasteiger partial charge in [-0.1, -0.05) is 6.08 Å². The third-order valence-electron chi connectivity index (χ3n) is 1.12. The number of carbonyl (C=O) groups excluding carboxylic acids is 1. The predicted molar refractivity (Wildman–Crippen MR) is 42.6 cm³/mol. The van der Waals surface area contributed by atoms with E-state index in [0.717, 1.165) is 17.4 Å². The average molecular weight is 142 g/mol. The third kappa shape index (κ3) is 3.14. The Morgan fingerprint density at radius 2 is 1.89 bits per heavy atom. The molecule has 0 saturated carbocycles. The van der Waals surface area contributed by atoms with E-state index in [9.17, 15) is 4.79 Å². The molecule has 50 valence electrons. The Hall–Kier alpha value is -0.500. The van der Waals surface area contributed by atoms with E-state index in [0.29, 0.717) is 0 Å². The van der Waals surface area contributed by atoms with Gasteiger partial charge in [0.2, 0.25) is 0 Å². The molecule has 0 aliphatic heterocycles. The minimum absolute atomic E-state index is 0.750. The molecule has 0 fully saturated rings. The lowest BCUT2D eigenvalue weighted by Gasteiger charge is -1.90. The van der Waals surface area contributed by atoms with Gasteiger partial charge >= 0.3 is 0 Å². The summed E-state index contributed by atoms with van der Waals surface area (Å²) in [4.78, 5) is 10.1. The number of thiol groups is 1. The van der Waals surface area contributed by atoms with E-state index in [1.165, 1.54) is 0 Å². The summed E-state index contributed by atoms with van der Waals surface area (Å²) in [5, 5.41) is 1.61. The maximum atomic E-state index is 10.1. The largest absolute Gasteiger partial charge is 0.298 e. The summed E-state index contributed by atoms with van der Waals surface area (Å²) in [6.45, 7) is 3.65. The lowest BCUT2D eigenvalue weighted by molar-refractivity contribution is -0.104. The number of hydrogen-bond acceptors (Lipinski definition) is 2. The van der Waals surface area contributed by atoms with Crippen LogP contribution in [0.1, 0.15) is 13.8 Å². The standard InChI is InChI=1S/C7H10OS/c1-6(3-4-9)7(2)5-8/h3-5,9H,1-2H3/b4-3-,7-6+. The second kappa shape index (κ2) is 4.39. The van der Waals surface area contributed by atoms with Gasteiger partial charge in [0.1, 0.15) is 6.29 Å². The summed E-state index contributed by atoms with van der Waals surface area (Å²) in [6, 6.07) is 0. The van der Waals surface area contributed by atoms with Crippen molar-refractivity contribution in [3.63, 3.8) is 0 Å². The van der Waals surface area contributed by atoms with Crippen LogP contribution in [-0.4, -0.2) is 6.29 Å². The Bertz CT molecular complexity index is 156. The topological polar surface area (TPSA) is 17.1 Å². The summed E-state index contributed by atoms with van der Waals surface area (Å²) in [5.74, 6) is 0. The maximum Gasteiger partial charge on any atom is 0.146 e. The van der Waals surface area contributed by atoms with Crippen LogP contribution < -0.4 is 0 Å². The number of hydrogen-bond donors (Lipinski definition) is 1. The first-order valence-corrected chi connectivity index (χ1v) is 3.17. The highest BCUT2D eigenvalue weighted by molar-refractivity contribution is 7.83. The molecule has 0 N–H and O–H groups in total. The molecule has 0 spiro atoms. The lowest BCUT2D eigenvalue weighted by Crippen LogP contribution is -1.79. The van der Waals surface area contributed by atoms with E-state index < -0.39 is 0 Å². The van der Waals surface area contributed by atoms with E-state index in [1.807, 2.05) is 6.92 Å². The van der Waals surface area contributed by atoms with Gasteiger partial charge in [0.05, 0.1) is 0 Å². The van der Waals surface area contributed by atoms with Crippen LogP contribution in [0.4, 0.5) is 0 Å². The molecule has 0 rings (SSSR count). The predicted octanol–water partition coefficient (Wildman–Crippen LogP) is 1.97. The highest BCUT2D eigenvalue weighted by Crippen LogP contribution is 2.01. The zero-order valence-corrected chi connectivity index (χ0v) is 6.48. The van der Waals surface area contributed by atoms with Gasteiger partial charge in [-0.15, -0.1) is 0 Å². The van der Waals surface area contributed by atoms with Crippen LogP contribution in [0.5, 0.6) is 0 Å². The van der Waals surface area contributed by atoms with Gasteiger partial charge in [-0.3, -0.25) is 4.79 Å². The summed E-state index contributed by atoms with van der Waals surface area (Å²) >= 11 is 3.86. The van der Waals surface area contributed by atoms with Crippen molar-refractivity contribution in [1.29, 1.82) is 0 Å². The molecule has 0 aliphatic carbocycles. The normalized spacial score (nSPS) is 13.7. The van der Waals surface area contributed by atoms with Crippen molar-refractivity contribution in [2.45, 2.75) is 13.8 Å². The van der Waals surface area contributed by atoms with E-state index in [-0.39, 0.29) is 0 Å². The molecule has 9 heavy (non-hydrogen) atoms. The van der Waals surface area contributed by atoms with Crippen molar-refractivity contribution in [2.75, 3.05) is 0 Å². The van der Waals surface area contributed by atoms with Crippen LogP contribution >= 0.6 is 12.6 Å². The molecule has 0 bridgehead atoms. The van der Waals surface area contributed by atoms with Crippen molar-refractivity contribution in [3.05, 3.63) is 22.6 Å². The second-order valence-electron chi connectivity index (χ2n) is 1.80. The molecule has 0 heterocycles. The minimum Gasteiger partial charge on any atom is -0.298 e. The second-order valence-corrected chi connectivity index (χ2v) is 2.10. The monoisotopic (exact) mass is 142 g/mol. The number of rotatable bonds is 2. The van der Waals surface area contributed by atoms with E-state index in [2.05, 4.69) is 12.6 Å². The fourth-order valence-corrected chi connectivity index (χ4v) is 0.560. The van der Waals surface area contributed by atoms with Crippen LogP contribution in [0, 0.1) is 0 Å². The average Bonchev–Trinajstić information content (AvgIpc) is 1.87. The van der Waals surface area contributed by atoms with Gasteiger partial charge in [0, 0.05) is 0 Å². The highest BCUT2D eigenvalue weighted by atomic mass is 32.1. The smallest absolute Gasteiger partial charge is 0.146 e. The zero-order chi connectivity index (χ0) is 7.28. The Morgan fingerprint density at radius 1 is 1.33 bits per heavy atom. The van der Waals surface area contributed by atoms with Crippen molar-refractivity contribution in [2.24, 2.45) is 0 Å². The fourth-order valence-electron chi connectivity index (χ4n) is 0.336. The minimum atomic E-state index is 0.750. The van der Waals surface area contributed by atoms with Crippen LogP contribution in [0.25, 0.3) is 0 Å². The molecule has 0 saturated heterocycles. The Morgan fingerprint density at radius 3 is 2.22 bits per heavy atom. The first kappa shape index (κ1) is 8.50. The molecule has 0 amide bonds. The van der Waals surface area contributed by atoms with Crippen LogP contribution in [0.15, 0.2) is 22.6 Å². The van der Waals surface area contributed by atoms with Gasteiger partial charge in [0.15, 0.2) is 0 Å². The zero-order valence-electron chi connectivity index (χ0n) is 5.59. The SMILES string of the molecule is C/C(C=O)=C(C)\C=C/S. The molecule has 1 nitrogen and oxygen atoms in total. The van der Waals surface area contributed by atoms with Gasteiger partial charge in [-0.25, -0.2) is 0 Å². The first-order chi connectivity index (χ1) is 4.22. The molecule has 0 aromatic rings. The van der Waals surface area contributed by atoms with Gasteiger partial charge in [0.25, 0.3) is 0 Å². The molecule has 0 atom stereocenters. The summed E-state index contributed by atoms with van der Waals surface area (Å²) in [5.41, 5.74) is 1.71. The number of allylic oxidation sites excluding steroid dienone is 3. The van der Waals surface area contributed by atoms with E-state index >= 15 is 0 Å². The molecule has 0 aromatic heterocycles. The fraction of sp³-hybridized carbons (Fsp3) is 0.286. The molecular formula is C7H10OS. The summed E-state index contributed by atoms with van der Waals surface area (Å²) < 4.78 is 0. The Balaban J connectivity index is 4.27. The van der Waals surface area contributed by atoms with E-state index in [1.54, 1.807) is 18.4 Å². The Labute approximate surface area is 60.9 Å². The molecular weight excluding hydrogens is 132 g/mol. The number of aldehydes is 1. The lowest BCUT2D eigenvalue weighted by atomic mass is 10.2. The number of carbonyl (C=O) groups is 1. The van der Waals surface area contributed by atoms with Gasteiger partial charge in [-0.2, -0.15) is 12.6 Å². The van der Waals surface area contributed by atoms with Gasteiger partial charge < -0.3 is 0 Å². The van der Waals surface area contributed by atoms with E-state index in [4.69, 9.17) is 0 Å². The molecule has 2 heteroatoms. The first-order valence-electron chi connectivity index (χ1n) is 2.65. The van der Waals surface area contributed by atoms with Crippen molar-refractivity contribution in [3.8, 4) is 0 Å². The van der Waals surface area contributed by atoms with Crippen LogP contribution in [-0.2, 0) is 4.79 Å². The highest BCUT2D eigenvalue weighted by Gasteiger charge is 1.87.